The van der Waals surface area contributed by atoms with E-state index in [1.54, 1.807) is 6.08 Å². The van der Waals surface area contributed by atoms with Crippen molar-refractivity contribution in [2.45, 2.75) is 86.4 Å². The summed E-state index contributed by atoms with van der Waals surface area (Å²) in [6.45, 7) is 0.174. The van der Waals surface area contributed by atoms with Crippen LogP contribution in [0, 0.1) is 0 Å². The predicted octanol–water partition coefficient (Wildman–Crippen LogP) is 0.00780. The molecule has 166 valence electrons. The maximum Gasteiger partial charge on any atom is 0.113 e. The fourth-order valence-electron chi connectivity index (χ4n) is 5.04. The summed E-state index contributed by atoms with van der Waals surface area (Å²) in [6.07, 6.45) is 8.18. The van der Waals surface area contributed by atoms with Gasteiger partial charge in [-0.25, -0.2) is 0 Å². The number of hydrogen-bond donors (Lipinski definition) is 3. The Hall–Kier alpha value is -1.10. The largest absolute Gasteiger partial charge is 0.394 e. The molecule has 11 atom stereocenters. The molecule has 0 aromatic carbocycles. The van der Waals surface area contributed by atoms with Gasteiger partial charge in [-0.1, -0.05) is 36.5 Å². The Morgan fingerprint density at radius 1 is 0.733 bits per heavy atom. The van der Waals surface area contributed by atoms with E-state index in [0.717, 1.165) is 0 Å². The number of fused-ring (bicyclic) bond motifs is 4. The molecule has 30 heavy (non-hydrogen) atoms. The third-order valence-corrected chi connectivity index (χ3v) is 6.62. The molecule has 0 unspecified atom stereocenters. The maximum atomic E-state index is 10.9. The van der Waals surface area contributed by atoms with Gasteiger partial charge in [-0.15, -0.1) is 0 Å². The third-order valence-electron chi connectivity index (χ3n) is 6.62. The lowest BCUT2D eigenvalue weighted by Crippen LogP contribution is -2.63. The van der Waals surface area contributed by atoms with Crippen molar-refractivity contribution < 1.29 is 39.0 Å². The Labute approximate surface area is 175 Å². The average molecular weight is 422 g/mol. The molecule has 0 aliphatic carbocycles. The number of rotatable bonds is 1. The van der Waals surface area contributed by atoms with Crippen molar-refractivity contribution in [1.82, 2.24) is 0 Å². The van der Waals surface area contributed by atoms with Gasteiger partial charge in [0.1, 0.15) is 42.7 Å². The molecule has 0 amide bonds. The van der Waals surface area contributed by atoms with Gasteiger partial charge in [0.2, 0.25) is 0 Å². The molecule has 0 aromatic heterocycles. The van der Waals surface area contributed by atoms with Crippen LogP contribution in [0.5, 0.6) is 0 Å². The van der Waals surface area contributed by atoms with E-state index >= 15 is 0 Å². The van der Waals surface area contributed by atoms with Gasteiger partial charge in [-0.2, -0.15) is 0 Å². The van der Waals surface area contributed by atoms with Crippen molar-refractivity contribution >= 4 is 0 Å². The molecule has 0 bridgehead atoms. The summed E-state index contributed by atoms with van der Waals surface area (Å²) in [5.41, 5.74) is 0. The summed E-state index contributed by atoms with van der Waals surface area (Å²) in [5.74, 6) is 0. The van der Waals surface area contributed by atoms with Crippen LogP contribution in [0.3, 0.4) is 0 Å². The quantitative estimate of drug-likeness (QED) is 0.508. The summed E-state index contributed by atoms with van der Waals surface area (Å²) in [4.78, 5) is 0. The summed E-state index contributed by atoms with van der Waals surface area (Å²) in [7, 11) is 0. The highest BCUT2D eigenvalue weighted by Crippen LogP contribution is 2.38. The molecule has 5 aliphatic rings. The minimum atomic E-state index is -0.862. The van der Waals surface area contributed by atoms with E-state index in [0.29, 0.717) is 25.9 Å². The van der Waals surface area contributed by atoms with Crippen LogP contribution in [0.1, 0.15) is 19.3 Å². The molecule has 0 radical (unpaired) electrons. The highest BCUT2D eigenvalue weighted by molar-refractivity contribution is 5.12. The minimum Gasteiger partial charge on any atom is -0.394 e. The molecule has 8 nitrogen and oxygen atoms in total. The van der Waals surface area contributed by atoms with Gasteiger partial charge in [-0.05, 0) is 12.8 Å². The first-order chi connectivity index (χ1) is 14.6. The molecule has 5 rings (SSSR count). The van der Waals surface area contributed by atoms with Gasteiger partial charge < -0.3 is 39.0 Å². The van der Waals surface area contributed by atoms with Crippen LogP contribution in [0.25, 0.3) is 0 Å². The fourth-order valence-corrected chi connectivity index (χ4v) is 5.04. The fraction of sp³-hybridized carbons (Fsp3) is 0.727. The average Bonchev–Trinajstić information content (AvgIpc) is 3.06. The summed E-state index contributed by atoms with van der Waals surface area (Å²) in [5, 5.41) is 30.6. The first-order valence-electron chi connectivity index (χ1n) is 10.8. The molecule has 2 saturated heterocycles. The Bertz CT molecular complexity index is 693. The normalized spacial score (nSPS) is 51.8. The van der Waals surface area contributed by atoms with Crippen molar-refractivity contribution in [3.05, 3.63) is 36.5 Å². The SMILES string of the molecule is OC[C@H]1O[C@H]2C=C[C@H]3O[C@H]4[C@H](O)[C@H]5OCC=CC[C@@H]5O[C@@H]4C[C@@H]3O[C@@H]2C/C=C\[C@@H]1O. The zero-order valence-corrected chi connectivity index (χ0v) is 16.7. The lowest BCUT2D eigenvalue weighted by atomic mass is 9.87. The standard InChI is InChI=1S/C22H30O8/c23-11-19-12(24)4-3-6-13-14(28-19)7-8-15-17(27-13)10-18-22(30-15)20(25)21-16(29-18)5-1-2-9-26-21/h1-4,7-8,12-25H,5-6,9-11H2/b4-3-/t12-,13+,14-,15+,16-,17-,18+,19+,20+,21-,22+/m0/s1. The maximum absolute atomic E-state index is 10.9. The van der Waals surface area contributed by atoms with Gasteiger partial charge in [0.15, 0.2) is 0 Å². The molecule has 5 aliphatic heterocycles. The molecule has 8 heteroatoms. The molecule has 2 fully saturated rings. The van der Waals surface area contributed by atoms with E-state index < -0.39 is 36.6 Å². The highest BCUT2D eigenvalue weighted by Gasteiger charge is 2.52. The van der Waals surface area contributed by atoms with Crippen molar-refractivity contribution in [1.29, 1.82) is 0 Å². The van der Waals surface area contributed by atoms with Crippen LogP contribution in [0.4, 0.5) is 0 Å². The van der Waals surface area contributed by atoms with E-state index in [1.807, 2.05) is 30.4 Å². The number of aliphatic hydroxyl groups excluding tert-OH is 3. The van der Waals surface area contributed by atoms with Gasteiger partial charge in [-0.3, -0.25) is 0 Å². The van der Waals surface area contributed by atoms with Crippen LogP contribution in [0.15, 0.2) is 36.5 Å². The molecular formula is C22H30O8. The Morgan fingerprint density at radius 2 is 1.50 bits per heavy atom. The van der Waals surface area contributed by atoms with Crippen LogP contribution >= 0.6 is 0 Å². The zero-order chi connectivity index (χ0) is 20.7. The smallest absolute Gasteiger partial charge is 0.113 e. The van der Waals surface area contributed by atoms with Crippen molar-refractivity contribution in [3.8, 4) is 0 Å². The predicted molar refractivity (Wildman–Crippen MR) is 105 cm³/mol. The van der Waals surface area contributed by atoms with Crippen molar-refractivity contribution in [2.24, 2.45) is 0 Å². The minimum absolute atomic E-state index is 0.200. The van der Waals surface area contributed by atoms with Crippen LogP contribution in [-0.2, 0) is 23.7 Å². The van der Waals surface area contributed by atoms with Gasteiger partial charge in [0.05, 0.1) is 37.6 Å². The van der Waals surface area contributed by atoms with E-state index in [2.05, 4.69) is 0 Å². The molecule has 0 aromatic rings. The lowest BCUT2D eigenvalue weighted by molar-refractivity contribution is -0.286. The first-order valence-corrected chi connectivity index (χ1v) is 10.8. The second-order valence-corrected chi connectivity index (χ2v) is 8.58. The number of aliphatic hydroxyl groups is 3. The first kappa shape index (κ1) is 20.8. The second-order valence-electron chi connectivity index (χ2n) is 8.58. The lowest BCUT2D eigenvalue weighted by Gasteiger charge is -2.49. The summed E-state index contributed by atoms with van der Waals surface area (Å²) in [6, 6.07) is 0. The number of hydrogen-bond acceptors (Lipinski definition) is 8. The summed E-state index contributed by atoms with van der Waals surface area (Å²) < 4.78 is 30.7. The van der Waals surface area contributed by atoms with Crippen LogP contribution in [-0.4, -0.2) is 95.7 Å². The van der Waals surface area contributed by atoms with E-state index in [-0.39, 0.29) is 37.1 Å². The van der Waals surface area contributed by atoms with E-state index in [4.69, 9.17) is 23.7 Å². The molecule has 0 spiro atoms. The van der Waals surface area contributed by atoms with Gasteiger partial charge >= 0.3 is 0 Å². The Balaban J connectivity index is 1.34. The van der Waals surface area contributed by atoms with E-state index in [1.165, 1.54) is 0 Å². The highest BCUT2D eigenvalue weighted by atomic mass is 16.6. The van der Waals surface area contributed by atoms with Crippen molar-refractivity contribution in [3.63, 3.8) is 0 Å². The molecule has 3 N–H and O–H groups in total. The molecule has 5 heterocycles. The second kappa shape index (κ2) is 8.80. The van der Waals surface area contributed by atoms with Gasteiger partial charge in [0, 0.05) is 6.42 Å². The zero-order valence-electron chi connectivity index (χ0n) is 16.7. The van der Waals surface area contributed by atoms with Gasteiger partial charge in [0.25, 0.3) is 0 Å². The topological polar surface area (TPSA) is 107 Å². The van der Waals surface area contributed by atoms with Crippen LogP contribution < -0.4 is 0 Å². The third kappa shape index (κ3) is 3.91. The van der Waals surface area contributed by atoms with Crippen LogP contribution in [0.2, 0.25) is 0 Å². The molecule has 0 saturated carbocycles. The number of ether oxygens (including phenoxy) is 5. The van der Waals surface area contributed by atoms with E-state index in [9.17, 15) is 15.3 Å². The summed E-state index contributed by atoms with van der Waals surface area (Å²) >= 11 is 0. The molecular weight excluding hydrogens is 392 g/mol. The Morgan fingerprint density at radius 3 is 2.33 bits per heavy atom. The van der Waals surface area contributed by atoms with Crippen molar-refractivity contribution in [2.75, 3.05) is 13.2 Å². The Kier molecular flexibility index (Phi) is 6.10. The monoisotopic (exact) mass is 422 g/mol.